The fourth-order valence-corrected chi connectivity index (χ4v) is 0. The van der Waals surface area contributed by atoms with Crippen LogP contribution < -0.4 is 0 Å². The van der Waals surface area contributed by atoms with Crippen LogP contribution in [0.1, 0.15) is 0 Å². The average molecular weight is 283 g/mol. The zero-order chi connectivity index (χ0) is 3.58. The van der Waals surface area contributed by atoms with Crippen molar-refractivity contribution in [1.82, 2.24) is 0 Å². The van der Waals surface area contributed by atoms with E-state index in [4.69, 9.17) is 15.3 Å². The van der Waals surface area contributed by atoms with Gasteiger partial charge in [0.15, 0.2) is 0 Å². The van der Waals surface area contributed by atoms with E-state index in [0.717, 1.165) is 0 Å². The van der Waals surface area contributed by atoms with Gasteiger partial charge in [-0.25, -0.2) is 0 Å². The van der Waals surface area contributed by atoms with Crippen LogP contribution >= 0.6 is 0 Å². The molecule has 0 amide bonds. The molecule has 14 heavy (non-hydrogen) atoms. The molecule has 0 aliphatic rings. The first-order valence-corrected chi connectivity index (χ1v) is 0.548. The van der Waals surface area contributed by atoms with Crippen molar-refractivity contribution in [3.8, 4) is 0 Å². The van der Waals surface area contributed by atoms with Crippen molar-refractivity contribution >= 4 is 0 Å². The summed E-state index contributed by atoms with van der Waals surface area (Å²) in [6.45, 7) is 0. The van der Waals surface area contributed by atoms with Gasteiger partial charge >= 0.3 is 16.8 Å². The van der Waals surface area contributed by atoms with Gasteiger partial charge in [-0.3, -0.25) is 0 Å². The van der Waals surface area contributed by atoms with Crippen LogP contribution in [0.25, 0.3) is 0 Å². The fourth-order valence-electron chi connectivity index (χ4n) is 0. The number of nitrogens with zero attached hydrogens (tertiary/aromatic N) is 1. The number of rotatable bonds is 0. The molecule has 0 fully saturated rings. The molecule has 0 aromatic rings. The maximum atomic E-state index is 8.25. The molecule has 14 heteroatoms. The molecule has 0 aromatic carbocycles. The van der Waals surface area contributed by atoms with Gasteiger partial charge in [0.2, 0.25) is 0 Å². The molecule has 18 N–H and O–H groups in total. The standard InChI is InChI=1S/Co.NO3.9H2O/c;2-1(3)4;;;;;;;;;/h;;9*1H2/q+2;-1;;;;;;;;;. The molecule has 0 unspecified atom stereocenters. The Bertz CT molecular complexity index is 33.3. The Morgan fingerprint density at radius 1 is 0.571 bits per heavy atom. The zero-order valence-electron chi connectivity index (χ0n) is 6.51. The van der Waals surface area contributed by atoms with Crippen molar-refractivity contribution in [3.63, 3.8) is 0 Å². The molecular formula is H18CoNO12+. The predicted molar refractivity (Wildman–Crippen MR) is 42.9 cm³/mol. The van der Waals surface area contributed by atoms with Gasteiger partial charge in [0.25, 0.3) is 0 Å². The summed E-state index contributed by atoms with van der Waals surface area (Å²) in [6, 6.07) is 0. The molecule has 13 nitrogen and oxygen atoms in total. The van der Waals surface area contributed by atoms with Crippen LogP contribution in [-0.2, 0) is 16.8 Å². The van der Waals surface area contributed by atoms with E-state index < -0.39 is 5.09 Å². The Morgan fingerprint density at radius 3 is 0.571 bits per heavy atom. The first-order valence-electron chi connectivity index (χ1n) is 0.548. The van der Waals surface area contributed by atoms with E-state index in [-0.39, 0.29) is 66.1 Å². The molecule has 0 aliphatic carbocycles. The van der Waals surface area contributed by atoms with Gasteiger partial charge in [-0.1, -0.05) is 0 Å². The maximum Gasteiger partial charge on any atom is 2.00 e. The molecule has 0 spiro atoms. The smallest absolute Gasteiger partial charge is 0.412 e. The zero-order valence-corrected chi connectivity index (χ0v) is 7.55. The van der Waals surface area contributed by atoms with Gasteiger partial charge in [0, 0.05) is 0 Å². The summed E-state index contributed by atoms with van der Waals surface area (Å²) < 4.78 is 0. The van der Waals surface area contributed by atoms with Crippen LogP contribution in [0.5, 0.6) is 0 Å². The molecule has 0 aliphatic heterocycles. The second-order valence-electron chi connectivity index (χ2n) is 0.224. The van der Waals surface area contributed by atoms with E-state index in [2.05, 4.69) is 0 Å². The van der Waals surface area contributed by atoms with Gasteiger partial charge in [-0.2, -0.15) is 0 Å². The Morgan fingerprint density at radius 2 is 0.571 bits per heavy atom. The van der Waals surface area contributed by atoms with Gasteiger partial charge in [0.05, 0.1) is 5.09 Å². The van der Waals surface area contributed by atoms with Crippen LogP contribution in [0.2, 0.25) is 0 Å². The van der Waals surface area contributed by atoms with Crippen molar-refractivity contribution < 1.29 is 71.2 Å². The monoisotopic (exact) mass is 283 g/mol. The molecule has 0 heterocycles. The first kappa shape index (κ1) is 370. The minimum absolute atomic E-state index is 0. The molecule has 0 bridgehead atoms. The third kappa shape index (κ3) is 2840. The third-order valence-corrected chi connectivity index (χ3v) is 0. The van der Waals surface area contributed by atoms with Crippen LogP contribution in [-0.4, -0.2) is 54.4 Å². The van der Waals surface area contributed by atoms with E-state index >= 15 is 0 Å². The quantitative estimate of drug-likeness (QED) is 0.308. The first-order chi connectivity index (χ1) is 1.73. The van der Waals surface area contributed by atoms with E-state index in [1.807, 2.05) is 0 Å². The summed E-state index contributed by atoms with van der Waals surface area (Å²) in [7, 11) is 0. The van der Waals surface area contributed by atoms with Gasteiger partial charge in [-0.05, 0) is 0 Å². The van der Waals surface area contributed by atoms with E-state index in [1.165, 1.54) is 0 Å². The van der Waals surface area contributed by atoms with Crippen molar-refractivity contribution in [3.05, 3.63) is 15.3 Å². The Balaban J connectivity index is -0.000000001000. The molecule has 103 valence electrons. The molecule has 0 saturated heterocycles. The Hall–Kier alpha value is -0.654. The van der Waals surface area contributed by atoms with Crippen LogP contribution in [0, 0.1) is 15.3 Å². The Labute approximate surface area is 87.4 Å². The minimum Gasteiger partial charge on any atom is -0.412 e. The summed E-state index contributed by atoms with van der Waals surface area (Å²) in [5, 5.41) is 14.8. The number of hydrogen-bond donors (Lipinski definition) is 0. The average Bonchev–Trinajstić information content (AvgIpc) is 0.811. The van der Waals surface area contributed by atoms with E-state index in [1.54, 1.807) is 0 Å². The van der Waals surface area contributed by atoms with Gasteiger partial charge in [0.1, 0.15) is 0 Å². The van der Waals surface area contributed by atoms with Gasteiger partial charge < -0.3 is 64.6 Å². The summed E-state index contributed by atoms with van der Waals surface area (Å²) in [6.07, 6.45) is 0. The largest absolute Gasteiger partial charge is 2.00 e. The minimum atomic E-state index is -1.75. The van der Waals surface area contributed by atoms with Crippen molar-refractivity contribution in [1.29, 1.82) is 0 Å². The van der Waals surface area contributed by atoms with Gasteiger partial charge in [-0.15, -0.1) is 0 Å². The second-order valence-corrected chi connectivity index (χ2v) is 0.224. The Kier molecular flexibility index (Phi) is 7620. The van der Waals surface area contributed by atoms with Crippen LogP contribution in [0.4, 0.5) is 0 Å². The van der Waals surface area contributed by atoms with Crippen molar-refractivity contribution in [2.24, 2.45) is 0 Å². The molecule has 0 atom stereocenters. The third-order valence-electron chi connectivity index (χ3n) is 0. The second kappa shape index (κ2) is 289. The molecule has 0 aromatic heterocycles. The van der Waals surface area contributed by atoms with Crippen LogP contribution in [0.15, 0.2) is 0 Å². The SMILES string of the molecule is O.O.O.O.O.O.O.O.O.O=[N+]([O-])[O-].[Co+2]. The van der Waals surface area contributed by atoms with Crippen molar-refractivity contribution in [2.75, 3.05) is 0 Å². The predicted octanol–water partition coefficient (Wildman–Crippen LogP) is -7.66. The molecule has 0 rings (SSSR count). The molecular weight excluding hydrogens is 265 g/mol. The summed E-state index contributed by atoms with van der Waals surface area (Å²) in [5.74, 6) is 0. The fraction of sp³-hybridized carbons (Fsp3) is 0. The van der Waals surface area contributed by atoms with E-state index in [9.17, 15) is 0 Å². The van der Waals surface area contributed by atoms with Crippen LogP contribution in [0.3, 0.4) is 0 Å². The summed E-state index contributed by atoms with van der Waals surface area (Å²) in [4.78, 5) is 8.25. The van der Waals surface area contributed by atoms with Crippen molar-refractivity contribution in [2.45, 2.75) is 0 Å². The molecule has 1 radical (unpaired) electrons. The summed E-state index contributed by atoms with van der Waals surface area (Å²) in [5.41, 5.74) is 0. The molecule has 0 saturated carbocycles. The topological polar surface area (TPSA) is 350 Å². The van der Waals surface area contributed by atoms with E-state index in [0.29, 0.717) is 0 Å². The summed E-state index contributed by atoms with van der Waals surface area (Å²) >= 11 is 0. The normalized spacial score (nSPS) is 1.71. The maximum absolute atomic E-state index is 8.25. The number of hydrogen-bond acceptors (Lipinski definition) is 3.